The number of aromatic nitrogens is 1. The fourth-order valence-corrected chi connectivity index (χ4v) is 6.88. The predicted octanol–water partition coefficient (Wildman–Crippen LogP) is 7.91. The van der Waals surface area contributed by atoms with E-state index in [0.29, 0.717) is 4.90 Å². The molecule has 1 aromatic carbocycles. The number of rotatable bonds is 3. The van der Waals surface area contributed by atoms with Crippen molar-refractivity contribution in [1.82, 2.24) is 9.88 Å². The Morgan fingerprint density at radius 2 is 1.56 bits per heavy atom. The number of hydrogen-bond donors (Lipinski definition) is 1. The molecule has 45 heavy (non-hydrogen) atoms. The van der Waals surface area contributed by atoms with Crippen molar-refractivity contribution >= 4 is 40.7 Å². The predicted molar refractivity (Wildman–Crippen MR) is 161 cm³/mol. The lowest BCUT2D eigenvalue weighted by molar-refractivity contribution is -0.188. The highest BCUT2D eigenvalue weighted by molar-refractivity contribution is 8.14. The largest absolute Gasteiger partial charge is 0.443 e. The van der Waals surface area contributed by atoms with Gasteiger partial charge in [0.05, 0.1) is 11.7 Å². The van der Waals surface area contributed by atoms with E-state index in [2.05, 4.69) is 10.3 Å². The van der Waals surface area contributed by atoms with E-state index in [4.69, 9.17) is 14.5 Å². The number of imide groups is 1. The Hall–Kier alpha value is -3.68. The maximum atomic E-state index is 15.8. The molecule has 14 heteroatoms. The second-order valence-electron chi connectivity index (χ2n) is 13.4. The molecule has 1 aromatic heterocycles. The van der Waals surface area contributed by atoms with E-state index in [1.807, 2.05) is 0 Å². The summed E-state index contributed by atoms with van der Waals surface area (Å²) in [6, 6.07) is 5.81. The molecule has 1 spiro atoms. The number of carbonyl (C=O) groups excluding carboxylic acids is 3. The summed E-state index contributed by atoms with van der Waals surface area (Å²) in [7, 11) is 0. The Kier molecular flexibility index (Phi) is 8.81. The van der Waals surface area contributed by atoms with Crippen molar-refractivity contribution in [2.45, 2.75) is 96.1 Å². The number of alkyl halides is 2. The minimum absolute atomic E-state index is 0.0868. The summed E-state index contributed by atoms with van der Waals surface area (Å²) in [5.41, 5.74) is -5.32. The first-order valence-electron chi connectivity index (χ1n) is 14.2. The standard InChI is InChI=1S/C31H36F4N4O5S/c1-17-30(15-31(34,35)16-30)29(8,20-13-19(10-11-21(20)33)37-23(40)22-12-9-18(32)14-36-22)38-24(45-17)39(25(41)43-27(2,3)4)26(42)44-28(5,6)7/h9-14,17H,15-16H2,1-8H3,(H,37,40)/t17-,29-/m1/s1. The van der Waals surface area contributed by atoms with Crippen LogP contribution < -0.4 is 5.32 Å². The zero-order valence-electron chi connectivity index (χ0n) is 26.3. The Morgan fingerprint density at radius 3 is 2.04 bits per heavy atom. The quantitative estimate of drug-likeness (QED) is 0.336. The molecule has 2 aliphatic rings. The van der Waals surface area contributed by atoms with Crippen LogP contribution in [0.3, 0.4) is 0 Å². The van der Waals surface area contributed by atoms with Gasteiger partial charge in [0.25, 0.3) is 5.91 Å². The van der Waals surface area contributed by atoms with Crippen LogP contribution in [0, 0.1) is 17.0 Å². The molecule has 2 atom stereocenters. The minimum atomic E-state index is -3.06. The van der Waals surface area contributed by atoms with Gasteiger partial charge < -0.3 is 14.8 Å². The lowest BCUT2D eigenvalue weighted by atomic mass is 9.52. The molecule has 2 heterocycles. The third-order valence-electron chi connectivity index (χ3n) is 7.55. The molecule has 4 rings (SSSR count). The molecule has 3 amide bonds. The van der Waals surface area contributed by atoms with Gasteiger partial charge in [0.1, 0.15) is 28.5 Å². The number of thioether (sulfide) groups is 1. The van der Waals surface area contributed by atoms with Gasteiger partial charge >= 0.3 is 12.2 Å². The third kappa shape index (κ3) is 7.10. The average Bonchev–Trinajstić information content (AvgIpc) is 2.85. The topological polar surface area (TPSA) is 110 Å². The third-order valence-corrected chi connectivity index (χ3v) is 8.84. The number of nitrogens with one attached hydrogen (secondary N) is 1. The number of ether oxygens (including phenoxy) is 2. The van der Waals surface area contributed by atoms with Crippen molar-refractivity contribution in [2.24, 2.45) is 10.4 Å². The first-order chi connectivity index (χ1) is 20.6. The van der Waals surface area contributed by atoms with Gasteiger partial charge in [-0.25, -0.2) is 37.1 Å². The number of amides is 3. The molecule has 1 saturated carbocycles. The monoisotopic (exact) mass is 652 g/mol. The summed E-state index contributed by atoms with van der Waals surface area (Å²) in [5, 5.41) is 1.63. The lowest BCUT2D eigenvalue weighted by Gasteiger charge is -2.60. The Labute approximate surface area is 263 Å². The highest BCUT2D eigenvalue weighted by Gasteiger charge is 2.70. The molecule has 0 bridgehead atoms. The number of pyridine rings is 1. The van der Waals surface area contributed by atoms with Gasteiger partial charge in [-0.15, -0.1) is 0 Å². The van der Waals surface area contributed by atoms with E-state index in [0.717, 1.165) is 30.1 Å². The van der Waals surface area contributed by atoms with Crippen molar-refractivity contribution < 1.29 is 41.4 Å². The fourth-order valence-electron chi connectivity index (χ4n) is 5.46. The van der Waals surface area contributed by atoms with E-state index in [1.165, 1.54) is 25.1 Å². The minimum Gasteiger partial charge on any atom is -0.443 e. The molecule has 244 valence electrons. The van der Waals surface area contributed by atoms with Crippen LogP contribution in [0.1, 0.15) is 84.3 Å². The molecule has 2 aromatic rings. The van der Waals surface area contributed by atoms with E-state index >= 15 is 4.39 Å². The van der Waals surface area contributed by atoms with Crippen molar-refractivity contribution in [2.75, 3.05) is 5.32 Å². The zero-order valence-corrected chi connectivity index (χ0v) is 27.1. The second kappa shape index (κ2) is 11.6. The Bertz CT molecular complexity index is 1500. The molecule has 9 nitrogen and oxygen atoms in total. The summed E-state index contributed by atoms with van der Waals surface area (Å²) in [5.74, 6) is -5.24. The number of carbonyl (C=O) groups is 3. The maximum absolute atomic E-state index is 15.8. The van der Waals surface area contributed by atoms with Crippen LogP contribution >= 0.6 is 11.8 Å². The number of aliphatic imine (C=N–C) groups is 1. The first kappa shape index (κ1) is 34.2. The maximum Gasteiger partial charge on any atom is 0.426 e. The molecule has 1 N–H and O–H groups in total. The van der Waals surface area contributed by atoms with Crippen LogP contribution in [0.2, 0.25) is 0 Å². The van der Waals surface area contributed by atoms with Crippen molar-refractivity contribution in [1.29, 1.82) is 0 Å². The van der Waals surface area contributed by atoms with E-state index in [9.17, 15) is 27.6 Å². The molecule has 0 unspecified atom stereocenters. The molecule has 1 aliphatic carbocycles. The van der Waals surface area contributed by atoms with E-state index in [1.54, 1.807) is 48.5 Å². The average molecular weight is 653 g/mol. The highest BCUT2D eigenvalue weighted by atomic mass is 32.2. The van der Waals surface area contributed by atoms with Crippen molar-refractivity contribution in [3.8, 4) is 0 Å². The first-order valence-corrected chi connectivity index (χ1v) is 15.1. The number of nitrogens with zero attached hydrogens (tertiary/aromatic N) is 3. The van der Waals surface area contributed by atoms with Crippen LogP contribution in [-0.2, 0) is 15.0 Å². The number of anilines is 1. The number of amidine groups is 1. The van der Waals surface area contributed by atoms with Crippen molar-refractivity contribution in [3.63, 3.8) is 0 Å². The zero-order chi connectivity index (χ0) is 33.8. The van der Waals surface area contributed by atoms with Crippen LogP contribution in [0.15, 0.2) is 41.5 Å². The van der Waals surface area contributed by atoms with Gasteiger partial charge in [-0.2, -0.15) is 4.90 Å². The van der Waals surface area contributed by atoms with Crippen LogP contribution in [0.25, 0.3) is 0 Å². The summed E-state index contributed by atoms with van der Waals surface area (Å²) >= 11 is 0.913. The second-order valence-corrected chi connectivity index (χ2v) is 14.7. The van der Waals surface area contributed by atoms with Gasteiger partial charge in [-0.3, -0.25) is 4.79 Å². The summed E-state index contributed by atoms with van der Waals surface area (Å²) in [6.45, 7) is 12.7. The van der Waals surface area contributed by atoms with Crippen LogP contribution in [0.5, 0.6) is 0 Å². The summed E-state index contributed by atoms with van der Waals surface area (Å²) in [6.07, 6.45) is -2.64. The van der Waals surface area contributed by atoms with Gasteiger partial charge in [-0.05, 0) is 78.8 Å². The number of halogens is 4. The lowest BCUT2D eigenvalue weighted by Crippen LogP contribution is -2.64. The van der Waals surface area contributed by atoms with Gasteiger partial charge in [0, 0.05) is 34.8 Å². The Morgan fingerprint density at radius 1 is 0.978 bits per heavy atom. The summed E-state index contributed by atoms with van der Waals surface area (Å²) < 4.78 is 69.4. The van der Waals surface area contributed by atoms with Crippen LogP contribution in [0.4, 0.5) is 32.8 Å². The van der Waals surface area contributed by atoms with Gasteiger partial charge in [0.2, 0.25) is 5.92 Å². The molecule has 0 saturated heterocycles. The molecular weight excluding hydrogens is 616 g/mol. The normalized spacial score (nSPS) is 22.1. The fraction of sp³-hybridized carbons (Fsp3) is 0.516. The van der Waals surface area contributed by atoms with Crippen LogP contribution in [-0.4, -0.2) is 55.5 Å². The van der Waals surface area contributed by atoms with Gasteiger partial charge in [0.15, 0.2) is 5.17 Å². The molecule has 1 fully saturated rings. The van der Waals surface area contributed by atoms with Gasteiger partial charge in [-0.1, -0.05) is 18.7 Å². The smallest absolute Gasteiger partial charge is 0.426 e. The number of hydrogen-bond acceptors (Lipinski definition) is 8. The van der Waals surface area contributed by atoms with E-state index in [-0.39, 0.29) is 22.1 Å². The molecule has 0 radical (unpaired) electrons. The molecular formula is C31H36F4N4O5S. The highest BCUT2D eigenvalue weighted by Crippen LogP contribution is 2.68. The molecule has 1 aliphatic heterocycles. The number of benzene rings is 1. The summed E-state index contributed by atoms with van der Waals surface area (Å²) in [4.78, 5) is 48.7. The SMILES string of the molecule is C[C@H]1SC(N(C(=O)OC(C)(C)C)C(=O)OC(C)(C)C)=N[C@](C)(c2cc(NC(=O)c3ccc(F)cn3)ccc2F)C12CC(F)(F)C2. The van der Waals surface area contributed by atoms with Crippen molar-refractivity contribution in [3.05, 3.63) is 59.4 Å². The Balaban J connectivity index is 1.85. The van der Waals surface area contributed by atoms with E-state index < -0.39 is 75.9 Å².